The van der Waals surface area contributed by atoms with Crippen LogP contribution in [0.15, 0.2) is 30.3 Å². The van der Waals surface area contributed by atoms with E-state index >= 15 is 0 Å². The Kier molecular flexibility index (Phi) is 8.70. The molecule has 0 atom stereocenters. The summed E-state index contributed by atoms with van der Waals surface area (Å²) in [6.45, 7) is 8.50. The number of thiocarbonyl (C=S) groups is 1. The third kappa shape index (κ3) is 6.92. The van der Waals surface area contributed by atoms with E-state index in [-0.39, 0.29) is 18.8 Å². The van der Waals surface area contributed by atoms with Crippen molar-refractivity contribution in [2.24, 2.45) is 0 Å². The minimum absolute atomic E-state index is 0.00475. The first kappa shape index (κ1) is 29.0. The van der Waals surface area contributed by atoms with Crippen LogP contribution in [0.4, 0.5) is 18.9 Å². The Hall–Kier alpha value is -3.23. The second-order valence-electron chi connectivity index (χ2n) is 9.49. The van der Waals surface area contributed by atoms with Crippen LogP contribution in [-0.4, -0.2) is 51.2 Å². The largest absolute Gasteiger partial charge is 0.475 e. The summed E-state index contributed by atoms with van der Waals surface area (Å²) in [5, 5.41) is 18.8. The van der Waals surface area contributed by atoms with Gasteiger partial charge in [-0.25, -0.2) is 4.98 Å². The van der Waals surface area contributed by atoms with E-state index < -0.39 is 34.4 Å². The van der Waals surface area contributed by atoms with Gasteiger partial charge in [0.2, 0.25) is 5.88 Å². The van der Waals surface area contributed by atoms with Crippen LogP contribution in [0.3, 0.4) is 0 Å². The van der Waals surface area contributed by atoms with Crippen LogP contribution in [-0.2, 0) is 17.5 Å². The predicted molar refractivity (Wildman–Crippen MR) is 134 cm³/mol. The van der Waals surface area contributed by atoms with Crippen molar-refractivity contribution in [3.63, 3.8) is 0 Å². The van der Waals surface area contributed by atoms with Crippen molar-refractivity contribution in [3.8, 4) is 11.9 Å². The van der Waals surface area contributed by atoms with Gasteiger partial charge in [0.25, 0.3) is 5.91 Å². The van der Waals surface area contributed by atoms with Gasteiger partial charge in [-0.2, -0.15) is 18.4 Å². The van der Waals surface area contributed by atoms with Crippen LogP contribution >= 0.6 is 12.2 Å². The summed E-state index contributed by atoms with van der Waals surface area (Å²) in [4.78, 5) is 20.5. The fourth-order valence-electron chi connectivity index (χ4n) is 3.34. The second-order valence-corrected chi connectivity index (χ2v) is 9.70. The van der Waals surface area contributed by atoms with E-state index in [4.69, 9.17) is 22.2 Å². The van der Waals surface area contributed by atoms with Crippen LogP contribution in [0.5, 0.6) is 5.88 Å². The Morgan fingerprint density at radius 1 is 1.22 bits per heavy atom. The summed E-state index contributed by atoms with van der Waals surface area (Å²) in [5.74, 6) is -0.166. The third-order valence-electron chi connectivity index (χ3n) is 5.57. The van der Waals surface area contributed by atoms with Gasteiger partial charge in [-0.1, -0.05) is 18.3 Å². The molecule has 1 aromatic heterocycles. The van der Waals surface area contributed by atoms with Crippen LogP contribution in [0, 0.1) is 18.3 Å². The number of benzene rings is 1. The minimum Gasteiger partial charge on any atom is -0.475 e. The van der Waals surface area contributed by atoms with Crippen molar-refractivity contribution in [2.75, 3.05) is 18.6 Å². The Labute approximate surface area is 214 Å². The smallest absolute Gasteiger partial charge is 0.417 e. The number of amides is 1. The maximum atomic E-state index is 13.4. The molecule has 0 radical (unpaired) electrons. The number of aliphatic hydroxyl groups is 1. The van der Waals surface area contributed by atoms with Gasteiger partial charge in [-0.3, -0.25) is 4.79 Å². The summed E-state index contributed by atoms with van der Waals surface area (Å²) in [6.07, 6.45) is -4.74. The average molecular weight is 523 g/mol. The van der Waals surface area contributed by atoms with Gasteiger partial charge in [0.05, 0.1) is 28.3 Å². The molecule has 0 saturated heterocycles. The Balaban J connectivity index is 2.28. The zero-order valence-electron chi connectivity index (χ0n) is 21.0. The zero-order valence-corrected chi connectivity index (χ0v) is 21.8. The van der Waals surface area contributed by atoms with Gasteiger partial charge in [-0.15, -0.1) is 0 Å². The summed E-state index contributed by atoms with van der Waals surface area (Å²) in [7, 11) is 1.37. The quantitative estimate of drug-likeness (QED) is 0.480. The Bertz CT molecular complexity index is 1170. The molecule has 0 aliphatic carbocycles. The topological polar surface area (TPSA) is 89.7 Å². The normalized spacial score (nSPS) is 12.0. The van der Waals surface area contributed by atoms with Crippen molar-refractivity contribution in [2.45, 2.75) is 58.5 Å². The number of aromatic nitrogens is 1. The van der Waals surface area contributed by atoms with E-state index in [0.29, 0.717) is 11.6 Å². The number of anilines is 1. The van der Waals surface area contributed by atoms with Gasteiger partial charge < -0.3 is 19.6 Å². The number of hydrogen-bond donors (Lipinski definition) is 1. The lowest BCUT2D eigenvalue weighted by atomic mass is 9.99. The summed E-state index contributed by atoms with van der Waals surface area (Å²) in [6, 6.07) is 8.07. The number of hydrogen-bond acceptors (Lipinski definition) is 6. The molecule has 11 heteroatoms. The number of carbonyl (C=O) groups excluding carboxylic acids is 1. The molecule has 1 heterocycles. The highest BCUT2D eigenvalue weighted by Crippen LogP contribution is 2.35. The molecular weight excluding hydrogens is 493 g/mol. The molecule has 1 aromatic carbocycles. The second kappa shape index (κ2) is 10.8. The van der Waals surface area contributed by atoms with E-state index in [1.165, 1.54) is 24.7 Å². The van der Waals surface area contributed by atoms with Gasteiger partial charge in [0.15, 0.2) is 0 Å². The molecule has 0 fully saturated rings. The Morgan fingerprint density at radius 3 is 2.36 bits per heavy atom. The maximum absolute atomic E-state index is 13.4. The number of alkyl halides is 3. The fourth-order valence-corrected chi connectivity index (χ4v) is 3.68. The third-order valence-corrected chi connectivity index (χ3v) is 5.83. The van der Waals surface area contributed by atoms with Crippen LogP contribution in [0.1, 0.15) is 50.1 Å². The molecular formula is C25H29F3N4O3S. The highest BCUT2D eigenvalue weighted by Gasteiger charge is 2.38. The van der Waals surface area contributed by atoms with Gasteiger partial charge in [0, 0.05) is 31.0 Å². The number of likely N-dealkylation sites (N-methyl/N-ethyl adjacent to an activating group) is 1. The zero-order chi connectivity index (χ0) is 27.5. The molecule has 194 valence electrons. The number of rotatable bonds is 9. The van der Waals surface area contributed by atoms with E-state index in [1.807, 2.05) is 0 Å². The van der Waals surface area contributed by atoms with Crippen LogP contribution < -0.4 is 9.64 Å². The summed E-state index contributed by atoms with van der Waals surface area (Å²) >= 11 is 5.17. The highest BCUT2D eigenvalue weighted by molar-refractivity contribution is 7.78. The first-order valence-electron chi connectivity index (χ1n) is 10.9. The van der Waals surface area contributed by atoms with Gasteiger partial charge in [-0.05, 0) is 58.4 Å². The minimum atomic E-state index is -4.74. The average Bonchev–Trinajstić information content (AvgIpc) is 2.79. The molecule has 2 rings (SSSR count). The lowest BCUT2D eigenvalue weighted by Crippen LogP contribution is -2.54. The van der Waals surface area contributed by atoms with Crippen molar-refractivity contribution < 1.29 is 27.8 Å². The maximum Gasteiger partial charge on any atom is 0.417 e. The van der Waals surface area contributed by atoms with Gasteiger partial charge in [0.1, 0.15) is 12.1 Å². The number of nitriles is 1. The number of halogens is 3. The highest BCUT2D eigenvalue weighted by atomic mass is 32.1. The van der Waals surface area contributed by atoms with Crippen molar-refractivity contribution >= 4 is 29.3 Å². The molecule has 0 saturated carbocycles. The number of pyridine rings is 1. The molecule has 36 heavy (non-hydrogen) atoms. The molecule has 0 bridgehead atoms. The molecule has 1 amide bonds. The van der Waals surface area contributed by atoms with Crippen molar-refractivity contribution in [1.82, 2.24) is 9.88 Å². The van der Waals surface area contributed by atoms with Crippen LogP contribution in [0.2, 0.25) is 0 Å². The standard InChI is InChI=1S/C25H29F3N4O3S/c1-16-18(8-10-21(30-16)35-14-23(2,3)34)13-32(15-36)24(4,5)22(33)31(6)19-9-7-17(12-29)20(11-19)25(26,27)28/h7-11,15,34H,13-14H2,1-6H3. The first-order chi connectivity index (χ1) is 16.5. The number of ether oxygens (including phenoxy) is 1. The molecule has 0 unspecified atom stereocenters. The molecule has 0 aliphatic heterocycles. The number of aryl methyl sites for hydroxylation is 1. The molecule has 2 aromatic rings. The van der Waals surface area contributed by atoms with E-state index in [9.17, 15) is 23.1 Å². The van der Waals surface area contributed by atoms with Crippen molar-refractivity contribution in [1.29, 1.82) is 5.26 Å². The first-order valence-corrected chi connectivity index (χ1v) is 11.4. The number of carbonyl (C=O) groups is 1. The summed E-state index contributed by atoms with van der Waals surface area (Å²) in [5.41, 5.74) is -1.18. The van der Waals surface area contributed by atoms with Crippen molar-refractivity contribution in [3.05, 3.63) is 52.7 Å². The SMILES string of the molecule is Cc1nc(OCC(C)(C)O)ccc1CN(C=S)C(C)(C)C(=O)N(C)c1ccc(C#N)c(C(F)(F)F)c1. The number of nitrogens with zero attached hydrogens (tertiary/aromatic N) is 4. The molecule has 0 spiro atoms. The molecule has 0 aliphatic rings. The van der Waals surface area contributed by atoms with Crippen LogP contribution in [0.25, 0.3) is 0 Å². The fraction of sp³-hybridized carbons (Fsp3) is 0.440. The lowest BCUT2D eigenvalue weighted by molar-refractivity contribution is -0.137. The Morgan fingerprint density at radius 2 is 1.86 bits per heavy atom. The monoisotopic (exact) mass is 522 g/mol. The van der Waals surface area contributed by atoms with E-state index in [0.717, 1.165) is 22.6 Å². The molecule has 1 N–H and O–H groups in total. The summed E-state index contributed by atoms with van der Waals surface area (Å²) < 4.78 is 45.7. The lowest BCUT2D eigenvalue weighted by Gasteiger charge is -2.38. The van der Waals surface area contributed by atoms with E-state index in [2.05, 4.69) is 4.98 Å². The van der Waals surface area contributed by atoms with Gasteiger partial charge >= 0.3 is 6.18 Å². The predicted octanol–water partition coefficient (Wildman–Crippen LogP) is 4.63. The molecule has 7 nitrogen and oxygen atoms in total. The van der Waals surface area contributed by atoms with E-state index in [1.54, 1.807) is 51.7 Å².